The first-order valence-corrected chi connectivity index (χ1v) is 8.11. The standard InChI is InChI=1S/C18H17ClN4O2/c19-14-5-3-12(4-6-14)16-8-17(21-15(10-24)11-25)23-18(22-16)13-2-1-7-20-9-13/h1-9,15,24-25H,10-11H2,(H,21,22,23). The molecule has 2 heterocycles. The van der Waals surface area contributed by atoms with E-state index >= 15 is 0 Å². The normalized spacial score (nSPS) is 10.9. The fraction of sp³-hybridized carbons (Fsp3) is 0.167. The summed E-state index contributed by atoms with van der Waals surface area (Å²) < 4.78 is 0. The van der Waals surface area contributed by atoms with Crippen LogP contribution in [0.1, 0.15) is 0 Å². The van der Waals surface area contributed by atoms with Gasteiger partial charge in [-0.25, -0.2) is 9.97 Å². The minimum atomic E-state index is -0.505. The second kappa shape index (κ2) is 8.02. The van der Waals surface area contributed by atoms with Crippen LogP contribution in [0.3, 0.4) is 0 Å². The first-order valence-electron chi connectivity index (χ1n) is 7.73. The SMILES string of the molecule is OCC(CO)Nc1cc(-c2ccc(Cl)cc2)nc(-c2cccnc2)n1. The van der Waals surface area contributed by atoms with Crippen LogP contribution >= 0.6 is 11.6 Å². The summed E-state index contributed by atoms with van der Waals surface area (Å²) in [5.41, 5.74) is 2.35. The van der Waals surface area contributed by atoms with E-state index in [1.54, 1.807) is 30.6 Å². The predicted molar refractivity (Wildman–Crippen MR) is 97.3 cm³/mol. The molecule has 0 aliphatic rings. The van der Waals surface area contributed by atoms with Crippen molar-refractivity contribution in [2.75, 3.05) is 18.5 Å². The molecule has 0 spiro atoms. The molecular weight excluding hydrogens is 340 g/mol. The van der Waals surface area contributed by atoms with Gasteiger partial charge in [0.2, 0.25) is 0 Å². The number of pyridine rings is 1. The first-order chi connectivity index (χ1) is 12.2. The summed E-state index contributed by atoms with van der Waals surface area (Å²) in [6.45, 7) is -0.419. The van der Waals surface area contributed by atoms with Crippen molar-refractivity contribution < 1.29 is 10.2 Å². The maximum absolute atomic E-state index is 9.30. The van der Waals surface area contributed by atoms with Crippen molar-refractivity contribution in [1.82, 2.24) is 15.0 Å². The van der Waals surface area contributed by atoms with Gasteiger partial charge >= 0.3 is 0 Å². The van der Waals surface area contributed by atoms with Gasteiger partial charge in [0.15, 0.2) is 5.82 Å². The fourth-order valence-corrected chi connectivity index (χ4v) is 2.40. The Morgan fingerprint density at radius 3 is 2.40 bits per heavy atom. The van der Waals surface area contributed by atoms with Gasteiger partial charge in [-0.1, -0.05) is 23.7 Å². The van der Waals surface area contributed by atoms with Crippen molar-refractivity contribution >= 4 is 17.4 Å². The van der Waals surface area contributed by atoms with E-state index in [4.69, 9.17) is 11.6 Å². The molecule has 0 amide bonds. The number of nitrogens with one attached hydrogen (secondary N) is 1. The second-order valence-corrected chi connectivity index (χ2v) is 5.85. The van der Waals surface area contributed by atoms with E-state index in [1.807, 2.05) is 24.3 Å². The lowest BCUT2D eigenvalue weighted by molar-refractivity contribution is 0.203. The number of aromatic nitrogens is 3. The van der Waals surface area contributed by atoms with Crippen LogP contribution in [0.15, 0.2) is 54.9 Å². The molecule has 0 aliphatic heterocycles. The number of nitrogens with zero attached hydrogens (tertiary/aromatic N) is 3. The third-order valence-electron chi connectivity index (χ3n) is 3.58. The molecule has 0 saturated heterocycles. The molecule has 0 atom stereocenters. The lowest BCUT2D eigenvalue weighted by atomic mass is 10.1. The van der Waals surface area contributed by atoms with Gasteiger partial charge in [0.25, 0.3) is 0 Å². The third-order valence-corrected chi connectivity index (χ3v) is 3.83. The van der Waals surface area contributed by atoms with E-state index in [-0.39, 0.29) is 13.2 Å². The molecule has 0 radical (unpaired) electrons. The number of anilines is 1. The van der Waals surface area contributed by atoms with Crippen molar-refractivity contribution in [2.45, 2.75) is 6.04 Å². The second-order valence-electron chi connectivity index (χ2n) is 5.42. The van der Waals surface area contributed by atoms with Gasteiger partial charge in [0.1, 0.15) is 5.82 Å². The quantitative estimate of drug-likeness (QED) is 0.629. The Morgan fingerprint density at radius 2 is 1.76 bits per heavy atom. The highest BCUT2D eigenvalue weighted by Crippen LogP contribution is 2.25. The van der Waals surface area contributed by atoms with E-state index in [0.717, 1.165) is 11.1 Å². The van der Waals surface area contributed by atoms with E-state index in [0.29, 0.717) is 22.4 Å². The Hall–Kier alpha value is -2.54. The molecule has 0 saturated carbocycles. The van der Waals surface area contributed by atoms with Crippen molar-refractivity contribution in [3.8, 4) is 22.6 Å². The Balaban J connectivity index is 2.06. The molecule has 25 heavy (non-hydrogen) atoms. The summed E-state index contributed by atoms with van der Waals surface area (Å²) in [5, 5.41) is 22.3. The van der Waals surface area contributed by atoms with Crippen molar-refractivity contribution in [3.63, 3.8) is 0 Å². The number of hydrogen-bond acceptors (Lipinski definition) is 6. The van der Waals surface area contributed by atoms with Crippen LogP contribution in [-0.2, 0) is 0 Å². The van der Waals surface area contributed by atoms with Crippen LogP contribution in [0.2, 0.25) is 5.02 Å². The zero-order valence-corrected chi connectivity index (χ0v) is 14.1. The fourth-order valence-electron chi connectivity index (χ4n) is 2.27. The lowest BCUT2D eigenvalue weighted by Crippen LogP contribution is -2.28. The number of halogens is 1. The van der Waals surface area contributed by atoms with Crippen LogP contribution in [0.5, 0.6) is 0 Å². The number of rotatable bonds is 6. The zero-order valence-electron chi connectivity index (χ0n) is 13.3. The zero-order chi connectivity index (χ0) is 17.6. The molecule has 3 N–H and O–H groups in total. The van der Waals surface area contributed by atoms with E-state index in [2.05, 4.69) is 20.3 Å². The topological polar surface area (TPSA) is 91.2 Å². The monoisotopic (exact) mass is 356 g/mol. The Bertz CT molecular complexity index is 824. The van der Waals surface area contributed by atoms with Gasteiger partial charge in [0.05, 0.1) is 24.9 Å². The average Bonchev–Trinajstić information content (AvgIpc) is 2.67. The lowest BCUT2D eigenvalue weighted by Gasteiger charge is -2.15. The van der Waals surface area contributed by atoms with E-state index < -0.39 is 6.04 Å². The predicted octanol–water partition coefficient (Wildman–Crippen LogP) is 2.62. The Labute approximate surface area is 150 Å². The Morgan fingerprint density at radius 1 is 1.00 bits per heavy atom. The number of hydrogen-bond donors (Lipinski definition) is 3. The van der Waals surface area contributed by atoms with Crippen LogP contribution in [0.25, 0.3) is 22.6 Å². The van der Waals surface area contributed by atoms with Crippen LogP contribution in [0, 0.1) is 0 Å². The summed E-state index contributed by atoms with van der Waals surface area (Å²) in [5.74, 6) is 1.00. The van der Waals surface area contributed by atoms with E-state index in [1.165, 1.54) is 0 Å². The Kier molecular flexibility index (Phi) is 5.55. The highest BCUT2D eigenvalue weighted by atomic mass is 35.5. The van der Waals surface area contributed by atoms with Gasteiger partial charge < -0.3 is 15.5 Å². The summed E-state index contributed by atoms with van der Waals surface area (Å²) in [4.78, 5) is 13.2. The molecule has 0 bridgehead atoms. The molecule has 1 aromatic carbocycles. The summed E-state index contributed by atoms with van der Waals surface area (Å²) in [6, 6.07) is 12.3. The average molecular weight is 357 g/mol. The van der Waals surface area contributed by atoms with Gasteiger partial charge in [-0.15, -0.1) is 0 Å². The van der Waals surface area contributed by atoms with Crippen LogP contribution in [0.4, 0.5) is 5.82 Å². The number of benzene rings is 1. The maximum Gasteiger partial charge on any atom is 0.163 e. The largest absolute Gasteiger partial charge is 0.394 e. The minimum absolute atomic E-state index is 0.209. The van der Waals surface area contributed by atoms with Crippen molar-refractivity contribution in [2.24, 2.45) is 0 Å². The number of aliphatic hydroxyl groups excluding tert-OH is 2. The molecule has 0 unspecified atom stereocenters. The summed E-state index contributed by atoms with van der Waals surface area (Å²) in [6.07, 6.45) is 3.36. The minimum Gasteiger partial charge on any atom is -0.394 e. The molecule has 3 rings (SSSR count). The molecule has 3 aromatic rings. The number of aliphatic hydroxyl groups is 2. The highest BCUT2D eigenvalue weighted by molar-refractivity contribution is 6.30. The van der Waals surface area contributed by atoms with Crippen molar-refractivity contribution in [3.05, 3.63) is 59.9 Å². The van der Waals surface area contributed by atoms with Crippen LogP contribution < -0.4 is 5.32 Å². The van der Waals surface area contributed by atoms with Crippen LogP contribution in [-0.4, -0.2) is 44.4 Å². The first kappa shape index (κ1) is 17.3. The summed E-state index contributed by atoms with van der Waals surface area (Å²) in [7, 11) is 0. The van der Waals surface area contributed by atoms with Gasteiger partial charge in [-0.05, 0) is 24.3 Å². The van der Waals surface area contributed by atoms with E-state index in [9.17, 15) is 10.2 Å². The van der Waals surface area contributed by atoms with Gasteiger partial charge in [0, 0.05) is 34.6 Å². The van der Waals surface area contributed by atoms with Crippen molar-refractivity contribution in [1.29, 1.82) is 0 Å². The molecule has 2 aromatic heterocycles. The molecular formula is C18H17ClN4O2. The third kappa shape index (κ3) is 4.30. The maximum atomic E-state index is 9.30. The molecule has 6 nitrogen and oxygen atoms in total. The summed E-state index contributed by atoms with van der Waals surface area (Å²) >= 11 is 5.96. The molecule has 0 fully saturated rings. The molecule has 128 valence electrons. The molecule has 7 heteroatoms. The smallest absolute Gasteiger partial charge is 0.163 e. The highest BCUT2D eigenvalue weighted by Gasteiger charge is 2.12. The molecule has 0 aliphatic carbocycles. The van der Waals surface area contributed by atoms with Gasteiger partial charge in [-0.3, -0.25) is 4.98 Å². The van der Waals surface area contributed by atoms with Gasteiger partial charge in [-0.2, -0.15) is 0 Å².